The van der Waals surface area contributed by atoms with Crippen LogP contribution in [0.25, 0.3) is 0 Å². The Hall–Kier alpha value is -3.76. The number of nitrogens with zero attached hydrogens (tertiary/aromatic N) is 1. The number of hydrogen-bond acceptors (Lipinski definition) is 6. The standard InChI is InChI=1S/C23H24F7N3O6S/c1-13(34)31-19(22(25,26)27)10-11-33(40(37,38)16-7-4-14(24)5-8-16)17-12-15(6-9-18(17)35)32-20(36)39-21(2,3)23(28,29)30/h4-9,12,19,35H,10-11H2,1-3H3,(H,31,34)(H,32,36). The molecule has 0 aliphatic heterocycles. The number of alkyl halides is 6. The van der Waals surface area contributed by atoms with E-state index in [0.717, 1.165) is 49.4 Å². The van der Waals surface area contributed by atoms with Crippen LogP contribution in [0, 0.1) is 5.82 Å². The van der Waals surface area contributed by atoms with Crippen LogP contribution in [0.4, 0.5) is 46.9 Å². The summed E-state index contributed by atoms with van der Waals surface area (Å²) in [6.45, 7) is 0.939. The summed E-state index contributed by atoms with van der Waals surface area (Å²) in [5.41, 5.74) is -4.02. The Morgan fingerprint density at radius 2 is 1.60 bits per heavy atom. The number of phenols is 1. The van der Waals surface area contributed by atoms with Crippen molar-refractivity contribution in [1.82, 2.24) is 5.32 Å². The van der Waals surface area contributed by atoms with Crippen molar-refractivity contribution < 1.29 is 58.6 Å². The Bertz CT molecular complexity index is 1330. The highest BCUT2D eigenvalue weighted by molar-refractivity contribution is 7.92. The molecule has 0 heterocycles. The van der Waals surface area contributed by atoms with E-state index in [1.165, 1.54) is 0 Å². The number of halogens is 7. The number of ether oxygens (including phenoxy) is 1. The Balaban J connectivity index is 2.52. The molecular formula is C23H24F7N3O6S. The van der Waals surface area contributed by atoms with Crippen molar-refractivity contribution in [2.24, 2.45) is 0 Å². The smallest absolute Gasteiger partial charge is 0.427 e. The molecule has 17 heteroatoms. The maximum Gasteiger partial charge on any atom is 0.427 e. The van der Waals surface area contributed by atoms with E-state index in [0.29, 0.717) is 18.2 Å². The second-order valence-corrected chi connectivity index (χ2v) is 10.7. The molecule has 2 aromatic rings. The number of sulfonamides is 1. The van der Waals surface area contributed by atoms with Crippen molar-refractivity contribution in [2.45, 2.75) is 56.1 Å². The molecule has 222 valence electrons. The molecule has 1 unspecified atom stereocenters. The molecule has 2 aromatic carbocycles. The first-order valence-corrected chi connectivity index (χ1v) is 12.6. The topological polar surface area (TPSA) is 125 Å². The lowest BCUT2D eigenvalue weighted by Gasteiger charge is -2.29. The number of phenolic OH excluding ortho intramolecular Hbond substituents is 1. The lowest BCUT2D eigenvalue weighted by molar-refractivity contribution is -0.242. The van der Waals surface area contributed by atoms with E-state index in [9.17, 15) is 53.8 Å². The average molecular weight is 604 g/mol. The number of nitrogens with one attached hydrogen (secondary N) is 2. The summed E-state index contributed by atoms with van der Waals surface area (Å²) in [6, 6.07) is 3.17. The Kier molecular flexibility index (Phi) is 9.55. The van der Waals surface area contributed by atoms with Gasteiger partial charge in [0.25, 0.3) is 10.0 Å². The fourth-order valence-electron chi connectivity index (χ4n) is 3.15. The first kappa shape index (κ1) is 32.5. The molecule has 40 heavy (non-hydrogen) atoms. The van der Waals surface area contributed by atoms with Crippen LogP contribution in [0.1, 0.15) is 27.2 Å². The van der Waals surface area contributed by atoms with E-state index in [1.54, 1.807) is 5.32 Å². The van der Waals surface area contributed by atoms with Crippen LogP contribution in [0.3, 0.4) is 0 Å². The van der Waals surface area contributed by atoms with Crippen LogP contribution in [-0.4, -0.2) is 56.1 Å². The summed E-state index contributed by atoms with van der Waals surface area (Å²) in [4.78, 5) is 22.8. The molecule has 0 saturated carbocycles. The minimum Gasteiger partial charge on any atom is -0.506 e. The van der Waals surface area contributed by atoms with Gasteiger partial charge in [-0.25, -0.2) is 17.6 Å². The van der Waals surface area contributed by atoms with Crippen molar-refractivity contribution in [1.29, 1.82) is 0 Å². The number of carbonyl (C=O) groups is 2. The van der Waals surface area contributed by atoms with Gasteiger partial charge >= 0.3 is 18.4 Å². The minimum atomic E-state index is -5.00. The molecule has 0 aliphatic carbocycles. The predicted octanol–water partition coefficient (Wildman–Crippen LogP) is 5.07. The largest absolute Gasteiger partial charge is 0.506 e. The van der Waals surface area contributed by atoms with Crippen LogP contribution in [0.2, 0.25) is 0 Å². The molecular weight excluding hydrogens is 579 g/mol. The van der Waals surface area contributed by atoms with Crippen LogP contribution >= 0.6 is 0 Å². The number of aromatic hydroxyl groups is 1. The van der Waals surface area contributed by atoms with E-state index in [1.807, 2.05) is 5.32 Å². The van der Waals surface area contributed by atoms with Gasteiger partial charge in [0.15, 0.2) is 0 Å². The Morgan fingerprint density at radius 1 is 1.02 bits per heavy atom. The van der Waals surface area contributed by atoms with Gasteiger partial charge in [0.05, 0.1) is 10.6 Å². The highest BCUT2D eigenvalue weighted by Gasteiger charge is 2.51. The van der Waals surface area contributed by atoms with E-state index >= 15 is 0 Å². The fourth-order valence-corrected chi connectivity index (χ4v) is 4.63. The summed E-state index contributed by atoms with van der Waals surface area (Å²) in [6.07, 6.45) is -12.6. The van der Waals surface area contributed by atoms with Gasteiger partial charge in [0.2, 0.25) is 11.5 Å². The monoisotopic (exact) mass is 603 g/mol. The SMILES string of the molecule is CC(=O)NC(CCN(c1cc(NC(=O)OC(C)(C)C(F)(F)F)ccc1O)S(=O)(=O)c1ccc(F)cc1)C(F)(F)F. The van der Waals surface area contributed by atoms with E-state index in [2.05, 4.69) is 4.74 Å². The van der Waals surface area contributed by atoms with Crippen molar-refractivity contribution in [2.75, 3.05) is 16.2 Å². The molecule has 0 bridgehead atoms. The molecule has 0 radical (unpaired) electrons. The molecule has 0 saturated heterocycles. The number of rotatable bonds is 9. The number of anilines is 2. The van der Waals surface area contributed by atoms with Crippen molar-refractivity contribution in [3.63, 3.8) is 0 Å². The second kappa shape index (κ2) is 11.8. The molecule has 0 aromatic heterocycles. The second-order valence-electron chi connectivity index (χ2n) is 8.84. The quantitative estimate of drug-likeness (QED) is 0.272. The molecule has 0 spiro atoms. The normalized spacial score (nSPS) is 13.3. The first-order valence-electron chi connectivity index (χ1n) is 11.2. The number of hydrogen-bond donors (Lipinski definition) is 3. The molecule has 2 amide bonds. The highest BCUT2D eigenvalue weighted by atomic mass is 32.2. The van der Waals surface area contributed by atoms with E-state index in [4.69, 9.17) is 0 Å². The third-order valence-corrected chi connectivity index (χ3v) is 7.14. The van der Waals surface area contributed by atoms with Crippen LogP contribution in [-0.2, 0) is 19.6 Å². The lowest BCUT2D eigenvalue weighted by atomic mass is 10.1. The van der Waals surface area contributed by atoms with Crippen molar-refractivity contribution >= 4 is 33.4 Å². The summed E-state index contributed by atoms with van der Waals surface area (Å²) in [5.74, 6) is -2.71. The maximum absolute atomic E-state index is 13.5. The summed E-state index contributed by atoms with van der Waals surface area (Å²) in [5, 5.41) is 14.0. The minimum absolute atomic E-state index is 0.312. The lowest BCUT2D eigenvalue weighted by Crippen LogP contribution is -2.47. The summed E-state index contributed by atoms with van der Waals surface area (Å²) >= 11 is 0. The van der Waals surface area contributed by atoms with E-state index < -0.39 is 86.8 Å². The van der Waals surface area contributed by atoms with Gasteiger partial charge in [-0.2, -0.15) is 26.3 Å². The molecule has 2 rings (SSSR count). The van der Waals surface area contributed by atoms with Crippen molar-refractivity contribution in [3.05, 3.63) is 48.3 Å². The van der Waals surface area contributed by atoms with Gasteiger partial charge in [0, 0.05) is 19.2 Å². The summed E-state index contributed by atoms with van der Waals surface area (Å²) < 4.78 is 124. The Morgan fingerprint density at radius 3 is 2.10 bits per heavy atom. The number of amides is 2. The summed E-state index contributed by atoms with van der Waals surface area (Å²) in [7, 11) is -4.82. The van der Waals surface area contributed by atoms with Crippen LogP contribution in [0.15, 0.2) is 47.4 Å². The average Bonchev–Trinajstić information content (AvgIpc) is 2.78. The zero-order chi connectivity index (χ0) is 30.7. The predicted molar refractivity (Wildman–Crippen MR) is 128 cm³/mol. The molecule has 3 N–H and O–H groups in total. The van der Waals surface area contributed by atoms with Crippen LogP contribution in [0.5, 0.6) is 5.75 Å². The third-order valence-electron chi connectivity index (χ3n) is 5.32. The molecule has 0 fully saturated rings. The number of carbonyl (C=O) groups excluding carboxylic acids is 2. The van der Waals surface area contributed by atoms with Gasteiger partial charge in [-0.3, -0.25) is 14.4 Å². The molecule has 0 aliphatic rings. The van der Waals surface area contributed by atoms with Gasteiger partial charge in [0.1, 0.15) is 17.6 Å². The van der Waals surface area contributed by atoms with Gasteiger partial charge in [-0.1, -0.05) is 0 Å². The first-order chi connectivity index (χ1) is 18.1. The van der Waals surface area contributed by atoms with Gasteiger partial charge < -0.3 is 15.2 Å². The van der Waals surface area contributed by atoms with Crippen molar-refractivity contribution in [3.8, 4) is 5.75 Å². The highest BCUT2D eigenvalue weighted by Crippen LogP contribution is 2.36. The fraction of sp³-hybridized carbons (Fsp3) is 0.391. The zero-order valence-corrected chi connectivity index (χ0v) is 21.8. The molecule has 1 atom stereocenters. The zero-order valence-electron chi connectivity index (χ0n) is 21.0. The Labute approximate surface area is 224 Å². The van der Waals surface area contributed by atoms with Crippen LogP contribution < -0.4 is 14.9 Å². The number of benzene rings is 2. The maximum atomic E-state index is 13.5. The van der Waals surface area contributed by atoms with Gasteiger partial charge in [-0.15, -0.1) is 0 Å². The molecule has 9 nitrogen and oxygen atoms in total. The van der Waals surface area contributed by atoms with Gasteiger partial charge in [-0.05, 0) is 62.7 Å². The third kappa shape index (κ3) is 8.12. The van der Waals surface area contributed by atoms with E-state index in [-0.39, 0.29) is 0 Å².